The van der Waals surface area contributed by atoms with Gasteiger partial charge in [-0.1, -0.05) is 23.5 Å². The molecule has 0 bridgehead atoms. The van der Waals surface area contributed by atoms with Gasteiger partial charge in [0.1, 0.15) is 0 Å². The highest BCUT2D eigenvalue weighted by Crippen LogP contribution is 1.89. The van der Waals surface area contributed by atoms with E-state index in [4.69, 9.17) is 0 Å². The van der Waals surface area contributed by atoms with Crippen molar-refractivity contribution in [3.8, 4) is 10.5 Å². The molecule has 0 aromatic rings. The van der Waals surface area contributed by atoms with E-state index in [2.05, 4.69) is 10.5 Å². The number of thioether (sulfide) groups is 2. The predicted octanol–water partition coefficient (Wildman–Crippen LogP) is 1.63. The zero-order valence-corrected chi connectivity index (χ0v) is 5.45. The van der Waals surface area contributed by atoms with Gasteiger partial charge in [-0.3, -0.25) is 0 Å². The predicted molar refractivity (Wildman–Crippen MR) is 34.8 cm³/mol. The Hall–Kier alpha value is 0.260. The quantitative estimate of drug-likeness (QED) is 0.443. The van der Waals surface area contributed by atoms with E-state index in [1.807, 2.05) is 12.5 Å². The average Bonchev–Trinajstić information content (AvgIpc) is 1.61. The molecule has 0 aliphatic rings. The van der Waals surface area contributed by atoms with Gasteiger partial charge >= 0.3 is 0 Å². The Labute approximate surface area is 47.1 Å². The summed E-state index contributed by atoms with van der Waals surface area (Å²) >= 11 is 3.09. The minimum absolute atomic E-state index is 1.54. The van der Waals surface area contributed by atoms with Gasteiger partial charge in [-0.25, -0.2) is 0 Å². The van der Waals surface area contributed by atoms with Gasteiger partial charge in [-0.05, 0) is 23.0 Å². The lowest BCUT2D eigenvalue weighted by atomic mass is 11.4. The summed E-state index contributed by atoms with van der Waals surface area (Å²) in [5, 5.41) is 5.66. The standard InChI is InChI=1S/C4H6S2/c1-5-3-4-6-2/h1-2H3. The van der Waals surface area contributed by atoms with Crippen LogP contribution >= 0.6 is 23.5 Å². The van der Waals surface area contributed by atoms with E-state index in [0.717, 1.165) is 0 Å². The number of rotatable bonds is 0. The van der Waals surface area contributed by atoms with Crippen molar-refractivity contribution in [2.45, 2.75) is 0 Å². The van der Waals surface area contributed by atoms with E-state index in [-0.39, 0.29) is 0 Å². The third-order valence-electron chi connectivity index (χ3n) is 0.246. The Morgan fingerprint density at radius 2 is 1.33 bits per heavy atom. The summed E-state index contributed by atoms with van der Waals surface area (Å²) in [4.78, 5) is 0. The topological polar surface area (TPSA) is 0 Å². The molecule has 0 rings (SSSR count). The van der Waals surface area contributed by atoms with Crippen LogP contribution in [-0.4, -0.2) is 12.5 Å². The second-order valence-electron chi connectivity index (χ2n) is 0.612. The van der Waals surface area contributed by atoms with Crippen LogP contribution in [0.4, 0.5) is 0 Å². The summed E-state index contributed by atoms with van der Waals surface area (Å²) in [6.45, 7) is 0. The molecule has 6 heavy (non-hydrogen) atoms. The maximum Gasteiger partial charge on any atom is -0.00590 e. The summed E-state index contributed by atoms with van der Waals surface area (Å²) in [7, 11) is 0. The third kappa shape index (κ3) is 4.26. The summed E-state index contributed by atoms with van der Waals surface area (Å²) in [5.74, 6) is 0. The van der Waals surface area contributed by atoms with E-state index in [0.29, 0.717) is 0 Å². The van der Waals surface area contributed by atoms with Crippen LogP contribution in [0.5, 0.6) is 0 Å². The molecular weight excluding hydrogens is 112 g/mol. The normalized spacial score (nSPS) is 6.33. The van der Waals surface area contributed by atoms with Gasteiger partial charge in [-0.15, -0.1) is 0 Å². The van der Waals surface area contributed by atoms with Crippen molar-refractivity contribution in [1.82, 2.24) is 0 Å². The zero-order chi connectivity index (χ0) is 4.83. The van der Waals surface area contributed by atoms with Crippen LogP contribution in [0.25, 0.3) is 0 Å². The van der Waals surface area contributed by atoms with Gasteiger partial charge in [0.2, 0.25) is 0 Å². The highest BCUT2D eigenvalue weighted by Gasteiger charge is 1.56. The van der Waals surface area contributed by atoms with Gasteiger partial charge in [0, 0.05) is 0 Å². The molecule has 0 aliphatic heterocycles. The molecule has 0 nitrogen and oxygen atoms in total. The van der Waals surface area contributed by atoms with Crippen molar-refractivity contribution in [3.63, 3.8) is 0 Å². The van der Waals surface area contributed by atoms with Crippen LogP contribution in [0, 0.1) is 10.5 Å². The number of hydrogen-bond acceptors (Lipinski definition) is 2. The molecule has 0 amide bonds. The molecule has 34 valence electrons. The minimum atomic E-state index is 1.54. The van der Waals surface area contributed by atoms with Crippen LogP contribution in [0.1, 0.15) is 0 Å². The Morgan fingerprint density at radius 1 is 1.00 bits per heavy atom. The van der Waals surface area contributed by atoms with Crippen molar-refractivity contribution >= 4 is 23.5 Å². The fourth-order valence-electron chi connectivity index (χ4n) is 0.0833. The van der Waals surface area contributed by atoms with Crippen molar-refractivity contribution < 1.29 is 0 Å². The fraction of sp³-hybridized carbons (Fsp3) is 0.500. The maximum atomic E-state index is 2.83. The fourth-order valence-corrected chi connectivity index (χ4v) is 0.750. The minimum Gasteiger partial charge on any atom is -0.0776 e. The van der Waals surface area contributed by atoms with E-state index in [9.17, 15) is 0 Å². The number of hydrogen-bond donors (Lipinski definition) is 0. The molecule has 0 aromatic carbocycles. The monoisotopic (exact) mass is 118 g/mol. The molecule has 0 atom stereocenters. The van der Waals surface area contributed by atoms with Gasteiger partial charge in [0.15, 0.2) is 0 Å². The van der Waals surface area contributed by atoms with E-state index in [1.54, 1.807) is 23.5 Å². The van der Waals surface area contributed by atoms with E-state index >= 15 is 0 Å². The molecule has 0 saturated heterocycles. The molecule has 0 heterocycles. The van der Waals surface area contributed by atoms with Crippen molar-refractivity contribution in [3.05, 3.63) is 0 Å². The molecule has 0 fully saturated rings. The molecule has 2 heteroatoms. The van der Waals surface area contributed by atoms with Crippen molar-refractivity contribution in [2.75, 3.05) is 12.5 Å². The van der Waals surface area contributed by atoms with Crippen LogP contribution in [-0.2, 0) is 0 Å². The molecule has 0 saturated carbocycles. The van der Waals surface area contributed by atoms with Crippen LogP contribution < -0.4 is 0 Å². The van der Waals surface area contributed by atoms with E-state index < -0.39 is 0 Å². The van der Waals surface area contributed by atoms with Crippen molar-refractivity contribution in [2.24, 2.45) is 0 Å². The molecule has 0 aromatic heterocycles. The lowest BCUT2D eigenvalue weighted by Gasteiger charge is -1.64. The highest BCUT2D eigenvalue weighted by molar-refractivity contribution is 8.06. The molecule has 0 aliphatic carbocycles. The van der Waals surface area contributed by atoms with Gasteiger partial charge in [0.05, 0.1) is 0 Å². The molecule has 0 unspecified atom stereocenters. The second kappa shape index (κ2) is 5.26. The average molecular weight is 118 g/mol. The summed E-state index contributed by atoms with van der Waals surface area (Å²) < 4.78 is 0. The largest absolute Gasteiger partial charge is 0.0776 e. The van der Waals surface area contributed by atoms with Crippen molar-refractivity contribution in [1.29, 1.82) is 0 Å². The lowest BCUT2D eigenvalue weighted by molar-refractivity contribution is 2.49. The van der Waals surface area contributed by atoms with Crippen LogP contribution in [0.3, 0.4) is 0 Å². The summed E-state index contributed by atoms with van der Waals surface area (Å²) in [6, 6.07) is 0. The second-order valence-corrected chi connectivity index (χ2v) is 1.84. The Morgan fingerprint density at radius 3 is 1.50 bits per heavy atom. The van der Waals surface area contributed by atoms with Crippen LogP contribution in [0.15, 0.2) is 0 Å². The molecular formula is C4H6S2. The van der Waals surface area contributed by atoms with Gasteiger partial charge in [-0.2, -0.15) is 0 Å². The first-order valence-corrected chi connectivity index (χ1v) is 3.92. The SMILES string of the molecule is CSC#CSC. The van der Waals surface area contributed by atoms with Crippen LogP contribution in [0.2, 0.25) is 0 Å². The first-order valence-electron chi connectivity index (χ1n) is 1.47. The maximum absolute atomic E-state index is 2.83. The van der Waals surface area contributed by atoms with Gasteiger partial charge in [0.25, 0.3) is 0 Å². The summed E-state index contributed by atoms with van der Waals surface area (Å²) in [6.07, 6.45) is 3.92. The zero-order valence-electron chi connectivity index (χ0n) is 3.82. The smallest absolute Gasteiger partial charge is 0.00590 e. The van der Waals surface area contributed by atoms with Gasteiger partial charge < -0.3 is 0 Å². The first kappa shape index (κ1) is 6.26. The Balaban J connectivity index is 2.90. The summed E-state index contributed by atoms with van der Waals surface area (Å²) in [5.41, 5.74) is 0. The lowest BCUT2D eigenvalue weighted by Crippen LogP contribution is -1.40. The van der Waals surface area contributed by atoms with E-state index in [1.165, 1.54) is 0 Å². The molecule has 0 spiro atoms. The first-order chi connectivity index (χ1) is 2.91. The molecule has 0 radical (unpaired) electrons. The Bertz CT molecular complexity index is 59.4. The third-order valence-corrected chi connectivity index (χ3v) is 0.987. The Kier molecular flexibility index (Phi) is 5.49. The highest BCUT2D eigenvalue weighted by atomic mass is 32.2. The molecule has 0 N–H and O–H groups in total.